The SMILES string of the molecule is CC(Cc1c[nH]c2ccccc12)NCC12CC(C(F)(F)F)(C1)C2. The predicted octanol–water partition coefficient (Wildman–Crippen LogP) is 4.42. The minimum Gasteiger partial charge on any atom is -0.361 e. The van der Waals surface area contributed by atoms with Crippen LogP contribution in [0.1, 0.15) is 31.7 Å². The number of fused-ring (bicyclic) bond motifs is 1. The molecule has 0 aliphatic heterocycles. The Kier molecular flexibility index (Phi) is 3.12. The Bertz CT molecular complexity index is 711. The summed E-state index contributed by atoms with van der Waals surface area (Å²) in [5.74, 6) is 0. The summed E-state index contributed by atoms with van der Waals surface area (Å²) in [4.78, 5) is 3.26. The number of hydrogen-bond donors (Lipinski definition) is 2. The molecule has 0 radical (unpaired) electrons. The van der Waals surface area contributed by atoms with Crippen molar-refractivity contribution in [3.8, 4) is 0 Å². The fourth-order valence-corrected chi connectivity index (χ4v) is 4.58. The molecule has 1 atom stereocenters. The second-order valence-corrected chi connectivity index (χ2v) is 7.65. The molecule has 3 aliphatic rings. The molecule has 124 valence electrons. The highest BCUT2D eigenvalue weighted by molar-refractivity contribution is 5.83. The fourth-order valence-electron chi connectivity index (χ4n) is 4.58. The Morgan fingerprint density at radius 3 is 2.61 bits per heavy atom. The van der Waals surface area contributed by atoms with Gasteiger partial charge >= 0.3 is 6.18 Å². The van der Waals surface area contributed by atoms with Crippen LogP contribution in [0.5, 0.6) is 0 Å². The normalized spacial score (nSPS) is 30.8. The Morgan fingerprint density at radius 1 is 1.22 bits per heavy atom. The Hall–Kier alpha value is -1.49. The summed E-state index contributed by atoms with van der Waals surface area (Å²) >= 11 is 0. The third-order valence-electron chi connectivity index (χ3n) is 5.77. The number of benzene rings is 1. The van der Waals surface area contributed by atoms with E-state index in [1.54, 1.807) is 0 Å². The maximum Gasteiger partial charge on any atom is 0.394 e. The zero-order chi connectivity index (χ0) is 16.3. The molecule has 1 aromatic carbocycles. The number of H-pyrrole nitrogens is 1. The molecular formula is C18H21F3N2. The number of para-hydroxylation sites is 1. The van der Waals surface area contributed by atoms with Gasteiger partial charge in [0.1, 0.15) is 0 Å². The first-order valence-electron chi connectivity index (χ1n) is 8.18. The molecule has 2 bridgehead atoms. The largest absolute Gasteiger partial charge is 0.394 e. The topological polar surface area (TPSA) is 27.8 Å². The Balaban J connectivity index is 1.32. The van der Waals surface area contributed by atoms with Crippen molar-refractivity contribution in [1.29, 1.82) is 0 Å². The van der Waals surface area contributed by atoms with Crippen LogP contribution in [0.3, 0.4) is 0 Å². The maximum absolute atomic E-state index is 12.9. The van der Waals surface area contributed by atoms with Crippen LogP contribution in [-0.4, -0.2) is 23.7 Å². The van der Waals surface area contributed by atoms with Crippen molar-refractivity contribution in [2.45, 2.75) is 44.8 Å². The van der Waals surface area contributed by atoms with Gasteiger partial charge in [-0.05, 0) is 49.7 Å². The molecule has 0 amide bonds. The summed E-state index contributed by atoms with van der Waals surface area (Å²) in [5.41, 5.74) is 0.949. The van der Waals surface area contributed by atoms with Crippen LogP contribution < -0.4 is 5.32 Å². The van der Waals surface area contributed by atoms with Crippen molar-refractivity contribution in [3.05, 3.63) is 36.0 Å². The molecule has 3 saturated carbocycles. The fraction of sp³-hybridized carbons (Fsp3) is 0.556. The van der Waals surface area contributed by atoms with Crippen LogP contribution in [-0.2, 0) is 6.42 Å². The quantitative estimate of drug-likeness (QED) is 0.838. The van der Waals surface area contributed by atoms with Crippen LogP contribution in [0, 0.1) is 10.8 Å². The van der Waals surface area contributed by atoms with E-state index in [-0.39, 0.29) is 11.5 Å². The summed E-state index contributed by atoms with van der Waals surface area (Å²) in [5, 5.41) is 4.68. The average Bonchev–Trinajstić information content (AvgIpc) is 2.77. The number of nitrogens with one attached hydrogen (secondary N) is 2. The molecule has 3 fully saturated rings. The van der Waals surface area contributed by atoms with E-state index in [1.165, 1.54) is 10.9 Å². The van der Waals surface area contributed by atoms with Gasteiger partial charge < -0.3 is 10.3 Å². The minimum absolute atomic E-state index is 0.0933. The number of hydrogen-bond acceptors (Lipinski definition) is 1. The zero-order valence-corrected chi connectivity index (χ0v) is 13.1. The number of rotatable bonds is 5. The second-order valence-electron chi connectivity index (χ2n) is 7.65. The Labute approximate surface area is 133 Å². The van der Waals surface area contributed by atoms with E-state index in [2.05, 4.69) is 29.4 Å². The monoisotopic (exact) mass is 322 g/mol. The molecule has 2 aromatic rings. The van der Waals surface area contributed by atoms with Crippen LogP contribution in [0.4, 0.5) is 13.2 Å². The first-order valence-corrected chi connectivity index (χ1v) is 8.18. The van der Waals surface area contributed by atoms with Gasteiger partial charge in [0, 0.05) is 29.7 Å². The van der Waals surface area contributed by atoms with Gasteiger partial charge in [0.25, 0.3) is 0 Å². The van der Waals surface area contributed by atoms with Crippen molar-refractivity contribution in [2.75, 3.05) is 6.54 Å². The molecular weight excluding hydrogens is 301 g/mol. The van der Waals surface area contributed by atoms with Gasteiger partial charge in [-0.25, -0.2) is 0 Å². The molecule has 0 spiro atoms. The van der Waals surface area contributed by atoms with E-state index in [9.17, 15) is 13.2 Å². The summed E-state index contributed by atoms with van der Waals surface area (Å²) < 4.78 is 38.6. The average molecular weight is 322 g/mol. The molecule has 23 heavy (non-hydrogen) atoms. The van der Waals surface area contributed by atoms with Crippen LogP contribution in [0.15, 0.2) is 30.5 Å². The van der Waals surface area contributed by atoms with E-state index in [0.717, 1.165) is 11.9 Å². The van der Waals surface area contributed by atoms with E-state index < -0.39 is 11.6 Å². The van der Waals surface area contributed by atoms with E-state index >= 15 is 0 Å². The molecule has 1 heterocycles. The lowest BCUT2D eigenvalue weighted by Crippen LogP contribution is -2.71. The lowest BCUT2D eigenvalue weighted by Gasteiger charge is -2.71. The molecule has 1 unspecified atom stereocenters. The second kappa shape index (κ2) is 4.76. The smallest absolute Gasteiger partial charge is 0.361 e. The maximum atomic E-state index is 12.9. The van der Waals surface area contributed by atoms with Crippen LogP contribution >= 0.6 is 0 Å². The van der Waals surface area contributed by atoms with Crippen LogP contribution in [0.2, 0.25) is 0 Å². The van der Waals surface area contributed by atoms with Gasteiger partial charge in [0.05, 0.1) is 5.41 Å². The van der Waals surface area contributed by atoms with Gasteiger partial charge in [-0.1, -0.05) is 18.2 Å². The standard InChI is InChI=1S/C18H21F3N2/c1-12(6-13-7-22-15-5-3-2-4-14(13)15)23-11-16-8-17(9-16,10-16)18(19,20)21/h2-5,7,12,22-23H,6,8-11H2,1H3. The van der Waals surface area contributed by atoms with Gasteiger partial charge in [-0.2, -0.15) is 13.2 Å². The molecule has 3 aliphatic carbocycles. The molecule has 0 saturated heterocycles. The highest BCUT2D eigenvalue weighted by Crippen LogP contribution is 2.78. The predicted molar refractivity (Wildman–Crippen MR) is 84.2 cm³/mol. The number of alkyl halides is 3. The summed E-state index contributed by atoms with van der Waals surface area (Å²) in [7, 11) is 0. The third-order valence-corrected chi connectivity index (χ3v) is 5.77. The van der Waals surface area contributed by atoms with E-state index in [0.29, 0.717) is 25.8 Å². The van der Waals surface area contributed by atoms with E-state index in [4.69, 9.17) is 0 Å². The number of halogens is 3. The van der Waals surface area contributed by atoms with Gasteiger partial charge in [0.2, 0.25) is 0 Å². The molecule has 2 N–H and O–H groups in total. The minimum atomic E-state index is -4.01. The van der Waals surface area contributed by atoms with Gasteiger partial charge in [-0.3, -0.25) is 0 Å². The first-order chi connectivity index (χ1) is 10.8. The summed E-state index contributed by atoms with van der Waals surface area (Å²) in [6.07, 6.45) is -0.152. The van der Waals surface area contributed by atoms with Crippen molar-refractivity contribution in [3.63, 3.8) is 0 Å². The third kappa shape index (κ3) is 2.28. The number of aromatic amines is 1. The molecule has 1 aromatic heterocycles. The summed E-state index contributed by atoms with van der Waals surface area (Å²) in [6, 6.07) is 8.43. The highest BCUT2D eigenvalue weighted by Gasteiger charge is 2.77. The molecule has 5 heteroatoms. The summed E-state index contributed by atoms with van der Waals surface area (Å²) in [6.45, 7) is 2.81. The number of aromatic nitrogens is 1. The lowest BCUT2D eigenvalue weighted by molar-refractivity contribution is -0.361. The van der Waals surface area contributed by atoms with Crippen LogP contribution in [0.25, 0.3) is 10.9 Å². The van der Waals surface area contributed by atoms with Crippen molar-refractivity contribution >= 4 is 10.9 Å². The van der Waals surface area contributed by atoms with Crippen molar-refractivity contribution in [2.24, 2.45) is 10.8 Å². The first kappa shape index (κ1) is 15.1. The molecule has 5 rings (SSSR count). The molecule has 2 nitrogen and oxygen atoms in total. The van der Waals surface area contributed by atoms with Gasteiger partial charge in [-0.15, -0.1) is 0 Å². The highest BCUT2D eigenvalue weighted by atomic mass is 19.4. The van der Waals surface area contributed by atoms with Crippen molar-refractivity contribution in [1.82, 2.24) is 10.3 Å². The zero-order valence-electron chi connectivity index (χ0n) is 13.1. The van der Waals surface area contributed by atoms with Gasteiger partial charge in [0.15, 0.2) is 0 Å². The lowest BCUT2D eigenvalue weighted by atomic mass is 9.35. The van der Waals surface area contributed by atoms with Crippen molar-refractivity contribution < 1.29 is 13.2 Å². The Morgan fingerprint density at radius 2 is 1.91 bits per heavy atom. The van der Waals surface area contributed by atoms with E-state index in [1.807, 2.05) is 18.3 Å².